The average molecular weight is 406 g/mol. The van der Waals surface area contributed by atoms with E-state index in [1.807, 2.05) is 24.3 Å². The Morgan fingerprint density at radius 2 is 1.72 bits per heavy atom. The summed E-state index contributed by atoms with van der Waals surface area (Å²) in [7, 11) is 0. The van der Waals surface area contributed by atoms with Crippen LogP contribution in [0.4, 0.5) is 5.13 Å². The molecule has 1 fully saturated rings. The minimum atomic E-state index is 0.115. The fourth-order valence-electron chi connectivity index (χ4n) is 3.74. The summed E-state index contributed by atoms with van der Waals surface area (Å²) >= 11 is 1.77. The third-order valence-corrected chi connectivity index (χ3v) is 6.56. The fraction of sp³-hybridized carbons (Fsp3) is 0.318. The Morgan fingerprint density at radius 1 is 0.966 bits per heavy atom. The van der Waals surface area contributed by atoms with Crippen molar-refractivity contribution in [1.82, 2.24) is 20.0 Å². The monoisotopic (exact) mass is 405 g/mol. The second kappa shape index (κ2) is 7.93. The number of para-hydroxylation sites is 1. The van der Waals surface area contributed by atoms with Gasteiger partial charge in [0.05, 0.1) is 16.3 Å². The molecule has 0 aliphatic carbocycles. The first-order valence-electron chi connectivity index (χ1n) is 9.97. The molecule has 2 aromatic heterocycles. The van der Waals surface area contributed by atoms with E-state index >= 15 is 0 Å². The van der Waals surface area contributed by atoms with Gasteiger partial charge in [0.1, 0.15) is 0 Å². The van der Waals surface area contributed by atoms with Gasteiger partial charge in [-0.15, -0.1) is 0 Å². The summed E-state index contributed by atoms with van der Waals surface area (Å²) in [6.45, 7) is 5.96. The van der Waals surface area contributed by atoms with Gasteiger partial charge in [-0.3, -0.25) is 4.90 Å². The number of fused-ring (bicyclic) bond motifs is 1. The van der Waals surface area contributed by atoms with Crippen LogP contribution in [0.5, 0.6) is 0 Å². The van der Waals surface area contributed by atoms with Crippen LogP contribution in [0.2, 0.25) is 0 Å². The molecule has 1 saturated heterocycles. The van der Waals surface area contributed by atoms with E-state index in [1.54, 1.807) is 11.3 Å². The van der Waals surface area contributed by atoms with Gasteiger partial charge in [0.15, 0.2) is 11.0 Å². The van der Waals surface area contributed by atoms with Gasteiger partial charge in [-0.05, 0) is 24.6 Å². The van der Waals surface area contributed by atoms with Gasteiger partial charge >= 0.3 is 0 Å². The van der Waals surface area contributed by atoms with Crippen molar-refractivity contribution in [2.24, 2.45) is 0 Å². The number of piperazine rings is 1. The Morgan fingerprint density at radius 3 is 2.52 bits per heavy atom. The number of thiazole rings is 1. The molecule has 4 aromatic rings. The second-order valence-electron chi connectivity index (χ2n) is 7.37. The third kappa shape index (κ3) is 3.88. The lowest BCUT2D eigenvalue weighted by atomic mass is 10.1. The van der Waals surface area contributed by atoms with Crippen molar-refractivity contribution < 1.29 is 4.52 Å². The Hall–Kier alpha value is -2.77. The first kappa shape index (κ1) is 18.3. The van der Waals surface area contributed by atoms with Crippen LogP contribution in [0.15, 0.2) is 59.1 Å². The van der Waals surface area contributed by atoms with Crippen molar-refractivity contribution in [1.29, 1.82) is 0 Å². The minimum absolute atomic E-state index is 0.115. The molecule has 1 aliphatic heterocycles. The van der Waals surface area contributed by atoms with Crippen LogP contribution in [-0.2, 0) is 6.42 Å². The molecule has 3 heterocycles. The molecule has 7 heteroatoms. The quantitative estimate of drug-likeness (QED) is 0.497. The zero-order valence-electron chi connectivity index (χ0n) is 16.4. The highest BCUT2D eigenvalue weighted by molar-refractivity contribution is 7.22. The molecule has 29 heavy (non-hydrogen) atoms. The maximum absolute atomic E-state index is 5.58. The summed E-state index contributed by atoms with van der Waals surface area (Å²) in [6.07, 6.45) is 0.697. The highest BCUT2D eigenvalue weighted by Gasteiger charge is 2.27. The van der Waals surface area contributed by atoms with Crippen LogP contribution >= 0.6 is 11.3 Å². The second-order valence-corrected chi connectivity index (χ2v) is 8.38. The number of rotatable bonds is 5. The number of nitrogens with zero attached hydrogens (tertiary/aromatic N) is 5. The van der Waals surface area contributed by atoms with Crippen molar-refractivity contribution >= 4 is 26.7 Å². The van der Waals surface area contributed by atoms with E-state index in [0.717, 1.165) is 42.7 Å². The molecule has 0 radical (unpaired) electrons. The van der Waals surface area contributed by atoms with Crippen molar-refractivity contribution in [2.75, 3.05) is 31.1 Å². The highest BCUT2D eigenvalue weighted by Crippen LogP contribution is 2.30. The standard InChI is InChI=1S/C22H23N5OS/c1-16(21-24-20(25-28-21)15-17-7-3-2-4-8-17)26-11-13-27(14-12-26)22-23-18-9-5-6-10-19(18)29-22/h2-10,16H,11-15H2,1H3/t16-/m1/s1. The van der Waals surface area contributed by atoms with E-state index in [1.165, 1.54) is 10.3 Å². The topological polar surface area (TPSA) is 58.3 Å². The zero-order chi connectivity index (χ0) is 19.6. The number of benzene rings is 2. The largest absolute Gasteiger partial charge is 0.345 e. The Balaban J connectivity index is 1.21. The Kier molecular flexibility index (Phi) is 4.99. The van der Waals surface area contributed by atoms with Crippen LogP contribution < -0.4 is 4.90 Å². The van der Waals surface area contributed by atoms with E-state index in [-0.39, 0.29) is 6.04 Å². The number of hydrogen-bond donors (Lipinski definition) is 0. The van der Waals surface area contributed by atoms with Crippen LogP contribution in [0, 0.1) is 0 Å². The van der Waals surface area contributed by atoms with E-state index in [9.17, 15) is 0 Å². The first-order valence-corrected chi connectivity index (χ1v) is 10.8. The van der Waals surface area contributed by atoms with Crippen LogP contribution in [0.3, 0.4) is 0 Å². The van der Waals surface area contributed by atoms with Gasteiger partial charge < -0.3 is 9.42 Å². The molecule has 0 unspecified atom stereocenters. The smallest absolute Gasteiger partial charge is 0.243 e. The summed E-state index contributed by atoms with van der Waals surface area (Å²) < 4.78 is 6.82. The first-order chi connectivity index (χ1) is 14.3. The van der Waals surface area contributed by atoms with Gasteiger partial charge in [-0.2, -0.15) is 4.98 Å². The predicted molar refractivity (Wildman–Crippen MR) is 115 cm³/mol. The molecular weight excluding hydrogens is 382 g/mol. The summed E-state index contributed by atoms with van der Waals surface area (Å²) in [5.74, 6) is 1.44. The molecule has 5 rings (SSSR count). The molecule has 148 valence electrons. The van der Waals surface area contributed by atoms with Crippen molar-refractivity contribution in [2.45, 2.75) is 19.4 Å². The fourth-order valence-corrected chi connectivity index (χ4v) is 4.76. The van der Waals surface area contributed by atoms with Crippen LogP contribution in [0.25, 0.3) is 10.2 Å². The lowest BCUT2D eigenvalue weighted by molar-refractivity contribution is 0.164. The number of anilines is 1. The van der Waals surface area contributed by atoms with Crippen LogP contribution in [0.1, 0.15) is 30.2 Å². The Labute approximate surface area is 173 Å². The molecule has 0 N–H and O–H groups in total. The van der Waals surface area contributed by atoms with Gasteiger partial charge in [-0.1, -0.05) is 59.0 Å². The summed E-state index contributed by atoms with van der Waals surface area (Å²) in [5, 5.41) is 5.30. The molecule has 0 bridgehead atoms. The molecule has 1 aliphatic rings. The van der Waals surface area contributed by atoms with E-state index in [2.05, 4.69) is 57.2 Å². The predicted octanol–water partition coefficient (Wildman–Crippen LogP) is 4.15. The molecule has 0 saturated carbocycles. The normalized spacial score (nSPS) is 16.4. The maximum Gasteiger partial charge on any atom is 0.243 e. The molecule has 2 aromatic carbocycles. The molecular formula is C22H23N5OS. The third-order valence-electron chi connectivity index (χ3n) is 5.46. The summed E-state index contributed by atoms with van der Waals surface area (Å²) in [5.41, 5.74) is 2.28. The summed E-state index contributed by atoms with van der Waals surface area (Å²) in [4.78, 5) is 14.2. The SMILES string of the molecule is C[C@H](c1nc(Cc2ccccc2)no1)N1CCN(c2nc3ccccc3s2)CC1. The average Bonchev–Trinajstić information content (AvgIpc) is 3.41. The Bertz CT molecular complexity index is 1050. The van der Waals surface area contributed by atoms with E-state index in [0.29, 0.717) is 12.3 Å². The van der Waals surface area contributed by atoms with Crippen molar-refractivity contribution in [3.63, 3.8) is 0 Å². The van der Waals surface area contributed by atoms with E-state index < -0.39 is 0 Å². The molecule has 1 atom stereocenters. The maximum atomic E-state index is 5.58. The van der Waals surface area contributed by atoms with Gasteiger partial charge in [0.25, 0.3) is 0 Å². The highest BCUT2D eigenvalue weighted by atomic mass is 32.1. The zero-order valence-corrected chi connectivity index (χ0v) is 17.2. The van der Waals surface area contributed by atoms with Crippen LogP contribution in [-0.4, -0.2) is 46.2 Å². The lowest BCUT2D eigenvalue weighted by Crippen LogP contribution is -2.47. The van der Waals surface area contributed by atoms with Gasteiger partial charge in [0.2, 0.25) is 5.89 Å². The minimum Gasteiger partial charge on any atom is -0.345 e. The van der Waals surface area contributed by atoms with Crippen molar-refractivity contribution in [3.05, 3.63) is 71.9 Å². The van der Waals surface area contributed by atoms with E-state index in [4.69, 9.17) is 9.51 Å². The van der Waals surface area contributed by atoms with Crippen molar-refractivity contribution in [3.8, 4) is 0 Å². The van der Waals surface area contributed by atoms with Gasteiger partial charge in [-0.25, -0.2) is 4.98 Å². The number of aromatic nitrogens is 3. The van der Waals surface area contributed by atoms with Gasteiger partial charge in [0, 0.05) is 32.6 Å². The lowest BCUT2D eigenvalue weighted by Gasteiger charge is -2.36. The summed E-state index contributed by atoms with van der Waals surface area (Å²) in [6, 6.07) is 18.7. The molecule has 6 nitrogen and oxygen atoms in total. The molecule has 0 spiro atoms. The molecule has 0 amide bonds. The number of hydrogen-bond acceptors (Lipinski definition) is 7.